The smallest absolute Gasteiger partial charge is 0.265 e. The first kappa shape index (κ1) is 28.5. The number of fused-ring (bicyclic) bond motifs is 1. The number of halogens is 1. The molecule has 1 fully saturated rings. The number of carbonyl (C=O) groups excluding carboxylic acids is 1. The van der Waals surface area contributed by atoms with Crippen LogP contribution in [0.25, 0.3) is 16.6 Å². The van der Waals surface area contributed by atoms with Crippen molar-refractivity contribution in [1.82, 2.24) is 14.5 Å². The Morgan fingerprint density at radius 2 is 1.80 bits per heavy atom. The number of benzene rings is 2. The van der Waals surface area contributed by atoms with Crippen molar-refractivity contribution in [1.29, 1.82) is 0 Å². The highest BCUT2D eigenvalue weighted by atomic mass is 35.5. The molecule has 0 radical (unpaired) electrons. The number of aromatic nitrogens is 2. The first-order chi connectivity index (χ1) is 19.2. The number of sulfone groups is 1. The lowest BCUT2D eigenvalue weighted by atomic mass is 10.1. The highest BCUT2D eigenvalue weighted by Gasteiger charge is 2.21. The largest absolute Gasteiger partial charge is 0.384 e. The zero-order valence-corrected chi connectivity index (χ0v) is 24.6. The molecular formula is C29H31ClN4O4S2. The number of ketones is 1. The zero-order valence-electron chi connectivity index (χ0n) is 22.2. The average molecular weight is 599 g/mol. The van der Waals surface area contributed by atoms with Gasteiger partial charge in [0.15, 0.2) is 15.6 Å². The summed E-state index contributed by atoms with van der Waals surface area (Å²) in [6.45, 7) is 5.93. The van der Waals surface area contributed by atoms with E-state index in [1.165, 1.54) is 31.4 Å². The second-order valence-electron chi connectivity index (χ2n) is 10.1. The number of hydrogen-bond donors (Lipinski definition) is 1. The number of Topliss-reactive ketones (excluding diaryl/α,β-unsaturated/α-hetero) is 1. The number of nitrogens with one attached hydrogen (secondary N) is 1. The predicted molar refractivity (Wildman–Crippen MR) is 161 cm³/mol. The summed E-state index contributed by atoms with van der Waals surface area (Å²) in [7, 11) is -3.73. The summed E-state index contributed by atoms with van der Waals surface area (Å²) in [5.41, 5.74) is 2.68. The lowest BCUT2D eigenvalue weighted by molar-refractivity contribution is -0.116. The van der Waals surface area contributed by atoms with Crippen molar-refractivity contribution in [2.24, 2.45) is 0 Å². The van der Waals surface area contributed by atoms with E-state index in [4.69, 9.17) is 16.6 Å². The lowest BCUT2D eigenvalue weighted by Crippen LogP contribution is -2.33. The van der Waals surface area contributed by atoms with Gasteiger partial charge in [-0.1, -0.05) is 30.2 Å². The van der Waals surface area contributed by atoms with Gasteiger partial charge in [-0.15, -0.1) is 11.3 Å². The molecule has 5 rings (SSSR count). The summed E-state index contributed by atoms with van der Waals surface area (Å²) < 4.78 is 27.0. The van der Waals surface area contributed by atoms with Crippen LogP contribution in [0.1, 0.15) is 30.7 Å². The summed E-state index contributed by atoms with van der Waals surface area (Å²) in [6.07, 6.45) is 3.82. The fourth-order valence-electron chi connectivity index (χ4n) is 5.04. The highest BCUT2D eigenvalue weighted by molar-refractivity contribution is 7.94. The molecule has 0 atom stereocenters. The van der Waals surface area contributed by atoms with Crippen molar-refractivity contribution < 1.29 is 13.2 Å². The summed E-state index contributed by atoms with van der Waals surface area (Å²) in [5.74, 6) is -0.459. The van der Waals surface area contributed by atoms with Crippen molar-refractivity contribution in [3.8, 4) is 5.69 Å². The Morgan fingerprint density at radius 3 is 2.50 bits per heavy atom. The zero-order chi connectivity index (χ0) is 28.3. The number of anilines is 1. The second-order valence-corrected chi connectivity index (χ2v) is 14.0. The Balaban J connectivity index is 1.26. The Bertz CT molecular complexity index is 1690. The SMILES string of the molecule is Cc1nc2cc(NCCN3CCCCC3)ccc2c(=O)n1-c1ccc(CC(=O)CS(=O)(=O)c2ccc(Cl)s2)cc1. The number of rotatable bonds is 10. The third-order valence-electron chi connectivity index (χ3n) is 7.04. The normalized spacial score (nSPS) is 14.4. The molecule has 1 N–H and O–H groups in total. The van der Waals surface area contributed by atoms with Gasteiger partial charge in [0.05, 0.1) is 20.9 Å². The number of thiophene rings is 1. The Kier molecular flexibility index (Phi) is 8.70. The van der Waals surface area contributed by atoms with Gasteiger partial charge >= 0.3 is 0 Å². The van der Waals surface area contributed by atoms with Crippen molar-refractivity contribution in [3.63, 3.8) is 0 Å². The van der Waals surface area contributed by atoms with E-state index in [1.807, 2.05) is 12.1 Å². The van der Waals surface area contributed by atoms with Gasteiger partial charge in [0, 0.05) is 25.2 Å². The third-order valence-corrected chi connectivity index (χ3v) is 10.5. The minimum absolute atomic E-state index is 0.0317. The Labute approximate surface area is 242 Å². The molecule has 210 valence electrons. The lowest BCUT2D eigenvalue weighted by Gasteiger charge is -2.26. The van der Waals surface area contributed by atoms with Gasteiger partial charge in [-0.2, -0.15) is 0 Å². The molecule has 0 bridgehead atoms. The second kappa shape index (κ2) is 12.2. The Hall–Kier alpha value is -3.05. The first-order valence-corrected chi connectivity index (χ1v) is 16.1. The fourth-order valence-corrected chi connectivity index (χ4v) is 7.85. The number of piperidine rings is 1. The minimum Gasteiger partial charge on any atom is -0.384 e. The molecular weight excluding hydrogens is 568 g/mol. The molecule has 1 aliphatic rings. The first-order valence-electron chi connectivity index (χ1n) is 13.3. The molecule has 11 heteroatoms. The maximum absolute atomic E-state index is 13.4. The van der Waals surface area contributed by atoms with Crippen LogP contribution in [0.2, 0.25) is 4.34 Å². The average Bonchev–Trinajstić information content (AvgIpc) is 3.37. The number of likely N-dealkylation sites (tertiary alicyclic amines) is 1. The van der Waals surface area contributed by atoms with Crippen molar-refractivity contribution in [2.45, 2.75) is 36.8 Å². The van der Waals surface area contributed by atoms with E-state index in [2.05, 4.69) is 10.2 Å². The van der Waals surface area contributed by atoms with Crippen molar-refractivity contribution >= 4 is 55.1 Å². The van der Waals surface area contributed by atoms with Gasteiger partial charge in [0.1, 0.15) is 15.8 Å². The molecule has 2 aromatic carbocycles. The molecule has 40 heavy (non-hydrogen) atoms. The monoisotopic (exact) mass is 598 g/mol. The maximum atomic E-state index is 13.4. The van der Waals surface area contributed by atoms with Crippen LogP contribution in [-0.2, 0) is 21.1 Å². The van der Waals surface area contributed by atoms with E-state index in [9.17, 15) is 18.0 Å². The molecule has 1 aliphatic heterocycles. The Morgan fingerprint density at radius 1 is 1.05 bits per heavy atom. The minimum atomic E-state index is -3.73. The molecule has 0 amide bonds. The van der Waals surface area contributed by atoms with Crippen LogP contribution in [0.5, 0.6) is 0 Å². The van der Waals surface area contributed by atoms with Gasteiger partial charge in [-0.3, -0.25) is 14.2 Å². The number of aryl methyl sites for hydroxylation is 1. The number of nitrogens with zero attached hydrogens (tertiary/aromatic N) is 3. The molecule has 2 aromatic heterocycles. The van der Waals surface area contributed by atoms with Gasteiger partial charge in [0.25, 0.3) is 5.56 Å². The van der Waals surface area contributed by atoms with Crippen LogP contribution in [-0.4, -0.2) is 60.6 Å². The summed E-state index contributed by atoms with van der Waals surface area (Å²) in [6, 6.07) is 15.5. The van der Waals surface area contributed by atoms with Gasteiger partial charge < -0.3 is 10.2 Å². The quantitative estimate of drug-likeness (QED) is 0.277. The highest BCUT2D eigenvalue weighted by Crippen LogP contribution is 2.26. The molecule has 8 nitrogen and oxygen atoms in total. The predicted octanol–water partition coefficient (Wildman–Crippen LogP) is 4.89. The third kappa shape index (κ3) is 6.63. The van der Waals surface area contributed by atoms with Crippen LogP contribution in [0.3, 0.4) is 0 Å². The van der Waals surface area contributed by atoms with Gasteiger partial charge in [-0.25, -0.2) is 13.4 Å². The van der Waals surface area contributed by atoms with E-state index < -0.39 is 21.4 Å². The summed E-state index contributed by atoms with van der Waals surface area (Å²) >= 11 is 6.78. The topological polar surface area (TPSA) is 101 Å². The van der Waals surface area contributed by atoms with E-state index in [-0.39, 0.29) is 16.2 Å². The summed E-state index contributed by atoms with van der Waals surface area (Å²) in [4.78, 5) is 33.1. The maximum Gasteiger partial charge on any atom is 0.265 e. The molecule has 0 saturated carbocycles. The van der Waals surface area contributed by atoms with Crippen molar-refractivity contribution in [2.75, 3.05) is 37.2 Å². The van der Waals surface area contributed by atoms with E-state index in [0.717, 1.165) is 43.2 Å². The van der Waals surface area contributed by atoms with E-state index >= 15 is 0 Å². The van der Waals surface area contributed by atoms with Crippen LogP contribution in [0.4, 0.5) is 5.69 Å². The van der Waals surface area contributed by atoms with E-state index in [0.29, 0.717) is 32.3 Å². The number of hydrogen-bond acceptors (Lipinski definition) is 8. The van der Waals surface area contributed by atoms with Crippen LogP contribution in [0, 0.1) is 6.92 Å². The molecule has 0 aliphatic carbocycles. The van der Waals surface area contributed by atoms with Crippen molar-refractivity contribution in [3.05, 3.63) is 80.7 Å². The standard InChI is InChI=1S/C29H31ClN4O4S2/c1-20-32-26-18-22(31-13-16-33-14-3-2-4-15-33)7-10-25(26)29(36)34(20)23-8-5-21(6-9-23)17-24(35)19-40(37,38)28-12-11-27(30)39-28/h5-12,18,31H,2-4,13-17,19H2,1H3. The molecule has 0 unspecified atom stereocenters. The fraction of sp³-hybridized carbons (Fsp3) is 0.345. The van der Waals surface area contributed by atoms with Gasteiger partial charge in [0.2, 0.25) is 0 Å². The molecule has 4 aromatic rings. The molecule has 0 spiro atoms. The summed E-state index contributed by atoms with van der Waals surface area (Å²) in [5, 5.41) is 3.97. The number of carbonyl (C=O) groups is 1. The van der Waals surface area contributed by atoms with Crippen LogP contribution < -0.4 is 10.9 Å². The van der Waals surface area contributed by atoms with Crippen LogP contribution >= 0.6 is 22.9 Å². The van der Waals surface area contributed by atoms with Gasteiger partial charge in [-0.05, 0) is 80.9 Å². The molecule has 1 saturated heterocycles. The van der Waals surface area contributed by atoms with E-state index in [1.54, 1.807) is 41.8 Å². The molecule has 3 heterocycles. The van der Waals surface area contributed by atoms with Crippen LogP contribution in [0.15, 0.2) is 63.6 Å².